The maximum absolute atomic E-state index is 4.51. The van der Waals surface area contributed by atoms with Crippen LogP contribution in [-0.4, -0.2) is 16.5 Å². The summed E-state index contributed by atoms with van der Waals surface area (Å²) in [6.07, 6.45) is 2.94. The Bertz CT molecular complexity index is 549. The molecular weight excluding hydrogens is 260 g/mol. The normalized spacial score (nSPS) is 10.7. The van der Waals surface area contributed by atoms with Crippen molar-refractivity contribution in [1.29, 1.82) is 0 Å². The summed E-state index contributed by atoms with van der Waals surface area (Å²) in [5, 5.41) is 6.72. The van der Waals surface area contributed by atoms with E-state index in [9.17, 15) is 0 Å². The molecule has 0 aliphatic heterocycles. The zero-order chi connectivity index (χ0) is 15.1. The minimum atomic E-state index is 0.343. The lowest BCUT2D eigenvalue weighted by Crippen LogP contribution is -2.05. The fourth-order valence-corrected chi connectivity index (χ4v) is 1.95. The molecule has 4 nitrogen and oxygen atoms in total. The average molecular weight is 284 g/mol. The molecule has 2 N–H and O–H groups in total. The maximum Gasteiger partial charge on any atom is 0.133 e. The summed E-state index contributed by atoms with van der Waals surface area (Å²) in [4.78, 5) is 8.79. The van der Waals surface area contributed by atoms with Crippen LogP contribution in [0.5, 0.6) is 0 Å². The van der Waals surface area contributed by atoms with Crippen molar-refractivity contribution >= 4 is 11.5 Å². The summed E-state index contributed by atoms with van der Waals surface area (Å²) in [6, 6.07) is 10.4. The molecule has 0 aliphatic carbocycles. The van der Waals surface area contributed by atoms with Crippen LogP contribution < -0.4 is 10.6 Å². The fourth-order valence-electron chi connectivity index (χ4n) is 1.95. The maximum atomic E-state index is 4.51. The van der Waals surface area contributed by atoms with Crippen LogP contribution in [0.15, 0.2) is 36.5 Å². The zero-order valence-corrected chi connectivity index (χ0v) is 13.1. The van der Waals surface area contributed by atoms with Gasteiger partial charge in [0.25, 0.3) is 0 Å². The second-order valence-electron chi connectivity index (χ2n) is 5.43. The Hall–Kier alpha value is -2.10. The van der Waals surface area contributed by atoms with E-state index in [1.165, 1.54) is 11.3 Å². The average Bonchev–Trinajstić information content (AvgIpc) is 2.52. The first-order chi connectivity index (χ1) is 10.2. The number of nitrogens with one attached hydrogen (secondary N) is 2. The van der Waals surface area contributed by atoms with Crippen LogP contribution >= 0.6 is 0 Å². The van der Waals surface area contributed by atoms with Crippen molar-refractivity contribution in [2.75, 3.05) is 17.2 Å². The molecule has 0 unspecified atom stereocenters. The van der Waals surface area contributed by atoms with Gasteiger partial charge in [0, 0.05) is 30.9 Å². The zero-order valence-electron chi connectivity index (χ0n) is 13.1. The minimum absolute atomic E-state index is 0.343. The van der Waals surface area contributed by atoms with Crippen LogP contribution in [0.2, 0.25) is 0 Å². The number of nitrogens with zero attached hydrogens (tertiary/aromatic N) is 2. The van der Waals surface area contributed by atoms with Crippen LogP contribution in [0.25, 0.3) is 0 Å². The summed E-state index contributed by atoms with van der Waals surface area (Å²) in [7, 11) is 0. The van der Waals surface area contributed by atoms with E-state index in [4.69, 9.17) is 0 Å². The van der Waals surface area contributed by atoms with Crippen molar-refractivity contribution in [2.45, 2.75) is 39.7 Å². The van der Waals surface area contributed by atoms with E-state index >= 15 is 0 Å². The topological polar surface area (TPSA) is 49.8 Å². The lowest BCUT2D eigenvalue weighted by molar-refractivity contribution is 0.774. The molecule has 112 valence electrons. The van der Waals surface area contributed by atoms with Crippen LogP contribution in [0.4, 0.5) is 11.5 Å². The van der Waals surface area contributed by atoms with E-state index in [1.54, 1.807) is 0 Å². The number of benzene rings is 1. The Morgan fingerprint density at radius 1 is 1.05 bits per heavy atom. The number of hydrogen-bond donors (Lipinski definition) is 2. The quantitative estimate of drug-likeness (QED) is 0.806. The SMILES string of the molecule is CCCNc1ccc(CNc2ccnc(C(C)C)n2)cc1. The second-order valence-corrected chi connectivity index (χ2v) is 5.43. The number of hydrogen-bond acceptors (Lipinski definition) is 4. The Kier molecular flexibility index (Phi) is 5.55. The lowest BCUT2D eigenvalue weighted by atomic mass is 10.2. The van der Waals surface area contributed by atoms with E-state index in [0.717, 1.165) is 31.2 Å². The molecule has 4 heteroatoms. The highest BCUT2D eigenvalue weighted by molar-refractivity contribution is 5.45. The summed E-state index contributed by atoms with van der Waals surface area (Å²) >= 11 is 0. The van der Waals surface area contributed by atoms with Crippen molar-refractivity contribution in [1.82, 2.24) is 9.97 Å². The van der Waals surface area contributed by atoms with Gasteiger partial charge in [0.15, 0.2) is 0 Å². The fraction of sp³-hybridized carbons (Fsp3) is 0.412. The first kappa shape index (κ1) is 15.3. The molecule has 0 atom stereocenters. The summed E-state index contributed by atoms with van der Waals surface area (Å²) < 4.78 is 0. The molecule has 0 fully saturated rings. The highest BCUT2D eigenvalue weighted by atomic mass is 15.0. The molecule has 0 aliphatic rings. The minimum Gasteiger partial charge on any atom is -0.385 e. The smallest absolute Gasteiger partial charge is 0.133 e. The standard InChI is InChI=1S/C17H24N4/c1-4-10-18-15-7-5-14(6-8-15)12-20-16-9-11-19-17(21-16)13(2)3/h5-9,11,13,18H,4,10,12H2,1-3H3,(H,19,20,21). The van der Waals surface area contributed by atoms with Gasteiger partial charge >= 0.3 is 0 Å². The summed E-state index contributed by atoms with van der Waals surface area (Å²) in [5.41, 5.74) is 2.41. The lowest BCUT2D eigenvalue weighted by Gasteiger charge is -2.09. The third-order valence-corrected chi connectivity index (χ3v) is 3.20. The largest absolute Gasteiger partial charge is 0.385 e. The Labute approximate surface area is 127 Å². The number of anilines is 2. The van der Waals surface area contributed by atoms with Gasteiger partial charge < -0.3 is 10.6 Å². The molecule has 0 radical (unpaired) electrons. The van der Waals surface area contributed by atoms with Crippen molar-refractivity contribution in [3.05, 3.63) is 47.9 Å². The third-order valence-electron chi connectivity index (χ3n) is 3.20. The van der Waals surface area contributed by atoms with Gasteiger partial charge in [0.05, 0.1) is 0 Å². The predicted octanol–water partition coefficient (Wildman–Crippen LogP) is 4.03. The molecule has 0 amide bonds. The van der Waals surface area contributed by atoms with Crippen LogP contribution in [0.3, 0.4) is 0 Å². The first-order valence-corrected chi connectivity index (χ1v) is 7.58. The van der Waals surface area contributed by atoms with E-state index in [-0.39, 0.29) is 0 Å². The van der Waals surface area contributed by atoms with Gasteiger partial charge in [-0.05, 0) is 30.2 Å². The van der Waals surface area contributed by atoms with E-state index in [2.05, 4.69) is 65.6 Å². The molecule has 0 bridgehead atoms. The van der Waals surface area contributed by atoms with E-state index in [1.807, 2.05) is 12.3 Å². The van der Waals surface area contributed by atoms with Crippen LogP contribution in [-0.2, 0) is 6.54 Å². The third kappa shape index (κ3) is 4.74. The highest BCUT2D eigenvalue weighted by Gasteiger charge is 2.03. The van der Waals surface area contributed by atoms with Gasteiger partial charge in [-0.1, -0.05) is 32.9 Å². The second kappa shape index (κ2) is 7.62. The Morgan fingerprint density at radius 2 is 1.81 bits per heavy atom. The molecule has 0 spiro atoms. The van der Waals surface area contributed by atoms with Crippen LogP contribution in [0, 0.1) is 0 Å². The molecule has 1 aromatic heterocycles. The molecule has 0 saturated carbocycles. The molecule has 2 rings (SSSR count). The summed E-state index contributed by atoms with van der Waals surface area (Å²) in [5.74, 6) is 2.09. The number of rotatable bonds is 7. The molecule has 0 saturated heterocycles. The predicted molar refractivity (Wildman–Crippen MR) is 88.7 cm³/mol. The molecule has 1 heterocycles. The first-order valence-electron chi connectivity index (χ1n) is 7.58. The Morgan fingerprint density at radius 3 is 2.48 bits per heavy atom. The van der Waals surface area contributed by atoms with Crippen molar-refractivity contribution < 1.29 is 0 Å². The van der Waals surface area contributed by atoms with Gasteiger partial charge in [-0.15, -0.1) is 0 Å². The van der Waals surface area contributed by atoms with E-state index in [0.29, 0.717) is 5.92 Å². The van der Waals surface area contributed by atoms with Crippen LogP contribution in [0.1, 0.15) is 44.5 Å². The van der Waals surface area contributed by atoms with E-state index < -0.39 is 0 Å². The molecular formula is C17H24N4. The monoisotopic (exact) mass is 284 g/mol. The van der Waals surface area contributed by atoms with Crippen molar-refractivity contribution in [2.24, 2.45) is 0 Å². The van der Waals surface area contributed by atoms with Crippen molar-refractivity contribution in [3.8, 4) is 0 Å². The molecule has 21 heavy (non-hydrogen) atoms. The van der Waals surface area contributed by atoms with Gasteiger partial charge in [-0.25, -0.2) is 9.97 Å². The van der Waals surface area contributed by atoms with Gasteiger partial charge in [0.1, 0.15) is 11.6 Å². The van der Waals surface area contributed by atoms with Gasteiger partial charge in [-0.3, -0.25) is 0 Å². The molecule has 2 aromatic rings. The van der Waals surface area contributed by atoms with Gasteiger partial charge in [0.2, 0.25) is 0 Å². The Balaban J connectivity index is 1.92. The van der Waals surface area contributed by atoms with Gasteiger partial charge in [-0.2, -0.15) is 0 Å². The number of aromatic nitrogens is 2. The van der Waals surface area contributed by atoms with Crippen molar-refractivity contribution in [3.63, 3.8) is 0 Å². The highest BCUT2D eigenvalue weighted by Crippen LogP contribution is 2.13. The molecule has 1 aromatic carbocycles. The summed E-state index contributed by atoms with van der Waals surface area (Å²) in [6.45, 7) is 8.14.